The van der Waals surface area contributed by atoms with Gasteiger partial charge in [0, 0.05) is 13.1 Å². The average molecular weight is 250 g/mol. The standard InChI is InChI=1S/C8H14N2O5S/c11-7(5-9-6-8(12)13)10-1-3-16(14,15)4-2-10/h9H,1-6H2,(H,12,13). The van der Waals surface area contributed by atoms with Crippen molar-refractivity contribution in [3.8, 4) is 0 Å². The van der Waals surface area contributed by atoms with Gasteiger partial charge in [0.1, 0.15) is 0 Å². The minimum atomic E-state index is -2.99. The first-order valence-electron chi connectivity index (χ1n) is 4.81. The zero-order valence-electron chi connectivity index (χ0n) is 8.68. The van der Waals surface area contributed by atoms with Crippen LogP contribution in [0.5, 0.6) is 0 Å². The molecule has 8 heteroatoms. The van der Waals surface area contributed by atoms with E-state index in [0.717, 1.165) is 0 Å². The predicted octanol–water partition coefficient (Wildman–Crippen LogP) is -2.08. The SMILES string of the molecule is O=C(O)CNCC(=O)N1CCS(=O)(=O)CC1. The molecule has 0 atom stereocenters. The van der Waals surface area contributed by atoms with Crippen molar-refractivity contribution in [3.05, 3.63) is 0 Å². The highest BCUT2D eigenvalue weighted by Crippen LogP contribution is 2.03. The van der Waals surface area contributed by atoms with Crippen LogP contribution in [0.3, 0.4) is 0 Å². The van der Waals surface area contributed by atoms with Gasteiger partial charge in [0.05, 0.1) is 24.6 Å². The molecule has 2 N–H and O–H groups in total. The number of rotatable bonds is 4. The molecule has 0 aromatic heterocycles. The zero-order chi connectivity index (χ0) is 12.2. The minimum Gasteiger partial charge on any atom is -0.480 e. The number of aliphatic carboxylic acids is 1. The lowest BCUT2D eigenvalue weighted by Gasteiger charge is -2.26. The Hall–Kier alpha value is -1.15. The Labute approximate surface area is 93.3 Å². The second-order valence-electron chi connectivity index (χ2n) is 3.53. The third kappa shape index (κ3) is 4.15. The Kier molecular flexibility index (Phi) is 4.25. The summed E-state index contributed by atoms with van der Waals surface area (Å²) in [7, 11) is -2.99. The molecule has 0 aromatic carbocycles. The number of amides is 1. The highest BCUT2D eigenvalue weighted by molar-refractivity contribution is 7.91. The molecule has 0 spiro atoms. The number of sulfone groups is 1. The Morgan fingerprint density at radius 1 is 1.19 bits per heavy atom. The van der Waals surface area contributed by atoms with Crippen molar-refractivity contribution in [3.63, 3.8) is 0 Å². The monoisotopic (exact) mass is 250 g/mol. The van der Waals surface area contributed by atoms with Crippen LogP contribution in [-0.4, -0.2) is 68.0 Å². The van der Waals surface area contributed by atoms with Crippen molar-refractivity contribution < 1.29 is 23.1 Å². The van der Waals surface area contributed by atoms with Crippen molar-refractivity contribution in [1.82, 2.24) is 10.2 Å². The molecule has 7 nitrogen and oxygen atoms in total. The second kappa shape index (κ2) is 5.26. The van der Waals surface area contributed by atoms with Gasteiger partial charge in [-0.25, -0.2) is 8.42 Å². The molecule has 1 fully saturated rings. The maximum Gasteiger partial charge on any atom is 0.317 e. The van der Waals surface area contributed by atoms with E-state index in [1.54, 1.807) is 0 Å². The van der Waals surface area contributed by atoms with Gasteiger partial charge in [-0.05, 0) is 0 Å². The number of carbonyl (C=O) groups is 2. The Balaban J connectivity index is 2.31. The van der Waals surface area contributed by atoms with Gasteiger partial charge >= 0.3 is 5.97 Å². The topological polar surface area (TPSA) is 104 Å². The van der Waals surface area contributed by atoms with Gasteiger partial charge in [-0.3, -0.25) is 14.9 Å². The van der Waals surface area contributed by atoms with Gasteiger partial charge in [-0.2, -0.15) is 0 Å². The molecule has 0 aliphatic carbocycles. The average Bonchev–Trinajstić information content (AvgIpc) is 2.16. The van der Waals surface area contributed by atoms with Crippen LogP contribution >= 0.6 is 0 Å². The van der Waals surface area contributed by atoms with E-state index in [2.05, 4.69) is 5.32 Å². The lowest BCUT2D eigenvalue weighted by molar-refractivity contribution is -0.136. The van der Waals surface area contributed by atoms with E-state index in [9.17, 15) is 18.0 Å². The van der Waals surface area contributed by atoms with Gasteiger partial charge in [0.25, 0.3) is 0 Å². The molecule has 1 amide bonds. The summed E-state index contributed by atoms with van der Waals surface area (Å²) in [5.41, 5.74) is 0. The van der Waals surface area contributed by atoms with Crippen LogP contribution in [0, 0.1) is 0 Å². The molecule has 0 unspecified atom stereocenters. The summed E-state index contributed by atoms with van der Waals surface area (Å²) in [6.45, 7) is 0.0239. The number of hydrogen-bond acceptors (Lipinski definition) is 5. The highest BCUT2D eigenvalue weighted by Gasteiger charge is 2.24. The smallest absolute Gasteiger partial charge is 0.317 e. The second-order valence-corrected chi connectivity index (χ2v) is 5.83. The summed E-state index contributed by atoms with van der Waals surface area (Å²) in [6, 6.07) is 0. The van der Waals surface area contributed by atoms with E-state index in [4.69, 9.17) is 5.11 Å². The predicted molar refractivity (Wildman–Crippen MR) is 55.7 cm³/mol. The van der Waals surface area contributed by atoms with Crippen molar-refractivity contribution in [2.75, 3.05) is 37.7 Å². The largest absolute Gasteiger partial charge is 0.480 e. The molecule has 0 aromatic rings. The summed E-state index contributed by atoms with van der Waals surface area (Å²) in [5.74, 6) is -1.33. The lowest BCUT2D eigenvalue weighted by atomic mass is 10.4. The van der Waals surface area contributed by atoms with Crippen molar-refractivity contribution in [1.29, 1.82) is 0 Å². The van der Waals surface area contributed by atoms with Crippen molar-refractivity contribution >= 4 is 21.7 Å². The molecule has 1 heterocycles. The molecule has 0 saturated carbocycles. The number of carboxylic acids is 1. The normalized spacial score (nSPS) is 19.4. The van der Waals surface area contributed by atoms with Crippen LogP contribution in [-0.2, 0) is 19.4 Å². The summed E-state index contributed by atoms with van der Waals surface area (Å²) < 4.78 is 22.2. The Bertz CT molecular complexity index is 364. The Morgan fingerprint density at radius 2 is 1.75 bits per heavy atom. The molecular weight excluding hydrogens is 236 g/mol. The van der Waals surface area contributed by atoms with Gasteiger partial charge in [0.2, 0.25) is 5.91 Å². The molecule has 0 bridgehead atoms. The zero-order valence-corrected chi connectivity index (χ0v) is 9.49. The fourth-order valence-corrected chi connectivity index (χ4v) is 2.55. The highest BCUT2D eigenvalue weighted by atomic mass is 32.2. The van der Waals surface area contributed by atoms with E-state index in [1.165, 1.54) is 4.90 Å². The molecule has 1 saturated heterocycles. The molecular formula is C8H14N2O5S. The lowest BCUT2D eigenvalue weighted by Crippen LogP contribution is -2.47. The fourth-order valence-electron chi connectivity index (χ4n) is 1.35. The van der Waals surface area contributed by atoms with E-state index in [-0.39, 0.29) is 43.6 Å². The molecule has 1 rings (SSSR count). The van der Waals surface area contributed by atoms with E-state index in [1.807, 2.05) is 0 Å². The summed E-state index contributed by atoms with van der Waals surface area (Å²) in [6.07, 6.45) is 0. The first-order chi connectivity index (χ1) is 7.41. The summed E-state index contributed by atoms with van der Waals surface area (Å²) in [5, 5.41) is 10.8. The van der Waals surface area contributed by atoms with Gasteiger partial charge in [0.15, 0.2) is 9.84 Å². The molecule has 1 aliphatic rings. The van der Waals surface area contributed by atoms with Gasteiger partial charge < -0.3 is 10.0 Å². The number of hydrogen-bond donors (Lipinski definition) is 2. The Morgan fingerprint density at radius 3 is 2.25 bits per heavy atom. The quantitative estimate of drug-likeness (QED) is 0.593. The number of nitrogens with one attached hydrogen (secondary N) is 1. The third-order valence-corrected chi connectivity index (χ3v) is 3.86. The summed E-state index contributed by atoms with van der Waals surface area (Å²) >= 11 is 0. The molecule has 16 heavy (non-hydrogen) atoms. The fraction of sp³-hybridized carbons (Fsp3) is 0.750. The summed E-state index contributed by atoms with van der Waals surface area (Å²) in [4.78, 5) is 23.1. The molecule has 0 radical (unpaired) electrons. The maximum atomic E-state index is 11.5. The maximum absolute atomic E-state index is 11.5. The molecule has 1 aliphatic heterocycles. The minimum absolute atomic E-state index is 0.0162. The number of carboxylic acid groups (broad SMARTS) is 1. The van der Waals surface area contributed by atoms with Crippen LogP contribution in [0.1, 0.15) is 0 Å². The first-order valence-corrected chi connectivity index (χ1v) is 6.63. The van der Waals surface area contributed by atoms with Crippen molar-refractivity contribution in [2.24, 2.45) is 0 Å². The first kappa shape index (κ1) is 12.9. The van der Waals surface area contributed by atoms with Crippen LogP contribution in [0.4, 0.5) is 0 Å². The molecule has 92 valence electrons. The van der Waals surface area contributed by atoms with Gasteiger partial charge in [-0.1, -0.05) is 0 Å². The third-order valence-electron chi connectivity index (χ3n) is 2.25. The van der Waals surface area contributed by atoms with E-state index >= 15 is 0 Å². The van der Waals surface area contributed by atoms with Crippen LogP contribution < -0.4 is 5.32 Å². The number of nitrogens with zero attached hydrogens (tertiary/aromatic N) is 1. The number of carbonyl (C=O) groups excluding carboxylic acids is 1. The van der Waals surface area contributed by atoms with Gasteiger partial charge in [-0.15, -0.1) is 0 Å². The van der Waals surface area contributed by atoms with Crippen LogP contribution in [0.2, 0.25) is 0 Å². The van der Waals surface area contributed by atoms with E-state index in [0.29, 0.717) is 0 Å². The van der Waals surface area contributed by atoms with E-state index < -0.39 is 15.8 Å². The van der Waals surface area contributed by atoms with Crippen LogP contribution in [0.25, 0.3) is 0 Å². The van der Waals surface area contributed by atoms with Crippen LogP contribution in [0.15, 0.2) is 0 Å². The van der Waals surface area contributed by atoms with Crippen molar-refractivity contribution in [2.45, 2.75) is 0 Å².